The number of nitrogens with two attached hydrogens (primary N) is 1. The number of halogens is 1. The van der Waals surface area contributed by atoms with E-state index in [4.69, 9.17) is 10.5 Å². The lowest BCUT2D eigenvalue weighted by Gasteiger charge is -2.03. The van der Waals surface area contributed by atoms with Crippen LogP contribution in [0.4, 0.5) is 10.2 Å². The van der Waals surface area contributed by atoms with Crippen molar-refractivity contribution in [3.8, 4) is 11.3 Å². The molecule has 0 atom stereocenters. The Balaban J connectivity index is 2.34. The van der Waals surface area contributed by atoms with Crippen LogP contribution in [-0.4, -0.2) is 17.3 Å². The smallest absolute Gasteiger partial charge is 0.145 e. The van der Waals surface area contributed by atoms with E-state index < -0.39 is 0 Å². The van der Waals surface area contributed by atoms with Crippen molar-refractivity contribution in [3.05, 3.63) is 35.6 Å². The van der Waals surface area contributed by atoms with Crippen molar-refractivity contribution in [1.29, 1.82) is 0 Å². The van der Waals surface area contributed by atoms with Crippen molar-refractivity contribution in [2.24, 2.45) is 0 Å². The fourth-order valence-corrected chi connectivity index (χ4v) is 1.47. The van der Waals surface area contributed by atoms with Crippen molar-refractivity contribution < 1.29 is 9.13 Å². The Morgan fingerprint density at radius 2 is 2.25 bits per heavy atom. The molecule has 0 radical (unpaired) electrons. The van der Waals surface area contributed by atoms with Gasteiger partial charge in [0.15, 0.2) is 0 Å². The molecule has 4 nitrogen and oxygen atoms in total. The van der Waals surface area contributed by atoms with Crippen molar-refractivity contribution in [2.45, 2.75) is 6.61 Å². The van der Waals surface area contributed by atoms with Gasteiger partial charge in [-0.3, -0.25) is 5.10 Å². The molecule has 0 spiro atoms. The summed E-state index contributed by atoms with van der Waals surface area (Å²) in [6, 6.07) is 6.57. The van der Waals surface area contributed by atoms with E-state index >= 15 is 0 Å². The Hall–Kier alpha value is -1.88. The van der Waals surface area contributed by atoms with Gasteiger partial charge in [-0.05, 0) is 6.07 Å². The number of nitrogen functional groups attached to an aromatic ring is 1. The number of aromatic amines is 1. The summed E-state index contributed by atoms with van der Waals surface area (Å²) in [4.78, 5) is 0. The predicted molar refractivity (Wildman–Crippen MR) is 59.1 cm³/mol. The van der Waals surface area contributed by atoms with Gasteiger partial charge in [-0.1, -0.05) is 12.1 Å². The average molecular weight is 221 g/mol. The number of nitrogens with one attached hydrogen (secondary N) is 1. The number of ether oxygens (including phenoxy) is 1. The minimum absolute atomic E-state index is 0.261. The molecule has 0 fully saturated rings. The molecule has 0 aliphatic heterocycles. The maximum atomic E-state index is 13.6. The quantitative estimate of drug-likeness (QED) is 0.832. The van der Waals surface area contributed by atoms with Crippen LogP contribution in [0.1, 0.15) is 5.56 Å². The molecular formula is C11H12FN3O. The van der Waals surface area contributed by atoms with E-state index in [0.717, 1.165) is 0 Å². The van der Waals surface area contributed by atoms with Crippen LogP contribution in [0.5, 0.6) is 0 Å². The SMILES string of the molecule is COCc1ccc(-c2cc(N)n[nH]2)cc1F. The monoisotopic (exact) mass is 221 g/mol. The molecule has 2 aromatic rings. The van der Waals surface area contributed by atoms with E-state index in [1.807, 2.05) is 0 Å². The van der Waals surface area contributed by atoms with Gasteiger partial charge in [-0.15, -0.1) is 0 Å². The lowest BCUT2D eigenvalue weighted by atomic mass is 10.1. The molecule has 1 aromatic heterocycles. The minimum atomic E-state index is -0.299. The summed E-state index contributed by atoms with van der Waals surface area (Å²) in [6.07, 6.45) is 0. The molecule has 1 heterocycles. The highest BCUT2D eigenvalue weighted by Gasteiger charge is 2.06. The van der Waals surface area contributed by atoms with E-state index in [1.165, 1.54) is 13.2 Å². The number of H-pyrrole nitrogens is 1. The molecule has 0 aliphatic rings. The number of aromatic nitrogens is 2. The summed E-state index contributed by atoms with van der Waals surface area (Å²) in [5, 5.41) is 6.51. The van der Waals surface area contributed by atoms with E-state index in [0.29, 0.717) is 22.6 Å². The van der Waals surface area contributed by atoms with Crippen molar-refractivity contribution in [3.63, 3.8) is 0 Å². The van der Waals surface area contributed by atoms with Crippen molar-refractivity contribution >= 4 is 5.82 Å². The maximum Gasteiger partial charge on any atom is 0.145 e. The molecule has 0 unspecified atom stereocenters. The number of hydrogen-bond acceptors (Lipinski definition) is 3. The first kappa shape index (κ1) is 10.6. The lowest BCUT2D eigenvalue weighted by Crippen LogP contribution is -1.93. The Morgan fingerprint density at radius 1 is 1.44 bits per heavy atom. The fourth-order valence-electron chi connectivity index (χ4n) is 1.47. The van der Waals surface area contributed by atoms with E-state index in [2.05, 4.69) is 10.2 Å². The van der Waals surface area contributed by atoms with Crippen LogP contribution in [0.2, 0.25) is 0 Å². The van der Waals surface area contributed by atoms with Gasteiger partial charge in [0.2, 0.25) is 0 Å². The highest BCUT2D eigenvalue weighted by atomic mass is 19.1. The molecule has 1 aromatic carbocycles. The van der Waals surface area contributed by atoms with Crippen LogP contribution < -0.4 is 5.73 Å². The maximum absolute atomic E-state index is 13.6. The first-order valence-electron chi connectivity index (χ1n) is 4.79. The standard InChI is InChI=1S/C11H12FN3O/c1-16-6-8-3-2-7(4-9(8)12)10-5-11(13)15-14-10/h2-5H,6H2,1H3,(H3,13,14,15). The summed E-state index contributed by atoms with van der Waals surface area (Å²) in [5.74, 6) is 0.0869. The summed E-state index contributed by atoms with van der Waals surface area (Å²) in [5.41, 5.74) is 7.41. The number of anilines is 1. The van der Waals surface area contributed by atoms with Crippen LogP contribution in [0, 0.1) is 5.82 Å². The molecule has 3 N–H and O–H groups in total. The molecule has 0 saturated heterocycles. The second-order valence-corrected chi connectivity index (χ2v) is 3.45. The topological polar surface area (TPSA) is 63.9 Å². The molecule has 0 aliphatic carbocycles. The third-order valence-corrected chi connectivity index (χ3v) is 2.26. The Kier molecular flexibility index (Phi) is 2.87. The van der Waals surface area contributed by atoms with Crippen LogP contribution in [-0.2, 0) is 11.3 Å². The van der Waals surface area contributed by atoms with Crippen molar-refractivity contribution in [2.75, 3.05) is 12.8 Å². The van der Waals surface area contributed by atoms with E-state index in [1.54, 1.807) is 18.2 Å². The van der Waals surface area contributed by atoms with Gasteiger partial charge in [0, 0.05) is 24.3 Å². The summed E-state index contributed by atoms with van der Waals surface area (Å²) < 4.78 is 18.5. The molecule has 0 saturated carbocycles. The second kappa shape index (κ2) is 4.32. The van der Waals surface area contributed by atoms with Gasteiger partial charge in [-0.2, -0.15) is 5.10 Å². The van der Waals surface area contributed by atoms with Crippen LogP contribution in [0.25, 0.3) is 11.3 Å². The van der Waals surface area contributed by atoms with Gasteiger partial charge in [0.1, 0.15) is 11.6 Å². The average Bonchev–Trinajstić information content (AvgIpc) is 2.68. The number of rotatable bonds is 3. The normalized spacial score (nSPS) is 10.6. The Labute approximate surface area is 92.2 Å². The van der Waals surface area contributed by atoms with Gasteiger partial charge in [0.25, 0.3) is 0 Å². The van der Waals surface area contributed by atoms with E-state index in [9.17, 15) is 4.39 Å². The second-order valence-electron chi connectivity index (χ2n) is 3.45. The van der Waals surface area contributed by atoms with Gasteiger partial charge in [0.05, 0.1) is 12.3 Å². The van der Waals surface area contributed by atoms with Gasteiger partial charge >= 0.3 is 0 Å². The third kappa shape index (κ3) is 2.04. The first-order chi connectivity index (χ1) is 7.70. The van der Waals surface area contributed by atoms with Crippen molar-refractivity contribution in [1.82, 2.24) is 10.2 Å². The molecule has 2 rings (SSSR count). The molecular weight excluding hydrogens is 209 g/mol. The Bertz CT molecular complexity index is 496. The van der Waals surface area contributed by atoms with E-state index in [-0.39, 0.29) is 12.4 Å². The number of nitrogens with zero attached hydrogens (tertiary/aromatic N) is 1. The zero-order valence-corrected chi connectivity index (χ0v) is 8.83. The lowest BCUT2D eigenvalue weighted by molar-refractivity contribution is 0.181. The predicted octanol–water partition coefficient (Wildman–Crippen LogP) is 1.94. The molecule has 0 bridgehead atoms. The number of benzene rings is 1. The zero-order valence-electron chi connectivity index (χ0n) is 8.83. The number of methoxy groups -OCH3 is 1. The highest BCUT2D eigenvalue weighted by Crippen LogP contribution is 2.21. The van der Waals surface area contributed by atoms with Crippen LogP contribution in [0.3, 0.4) is 0 Å². The van der Waals surface area contributed by atoms with Crippen LogP contribution >= 0.6 is 0 Å². The first-order valence-corrected chi connectivity index (χ1v) is 4.79. The molecule has 0 amide bonds. The van der Waals surface area contributed by atoms with Gasteiger partial charge < -0.3 is 10.5 Å². The zero-order chi connectivity index (χ0) is 11.5. The highest BCUT2D eigenvalue weighted by molar-refractivity contribution is 5.62. The van der Waals surface area contributed by atoms with Gasteiger partial charge in [-0.25, -0.2) is 4.39 Å². The molecule has 84 valence electrons. The third-order valence-electron chi connectivity index (χ3n) is 2.26. The molecule has 5 heteroatoms. The minimum Gasteiger partial charge on any atom is -0.382 e. The summed E-state index contributed by atoms with van der Waals surface area (Å²) in [7, 11) is 1.53. The molecule has 16 heavy (non-hydrogen) atoms. The summed E-state index contributed by atoms with van der Waals surface area (Å²) in [6.45, 7) is 0.261. The summed E-state index contributed by atoms with van der Waals surface area (Å²) >= 11 is 0. The largest absolute Gasteiger partial charge is 0.382 e. The number of hydrogen-bond donors (Lipinski definition) is 2. The Morgan fingerprint density at radius 3 is 2.81 bits per heavy atom. The fraction of sp³-hybridized carbons (Fsp3) is 0.182. The van der Waals surface area contributed by atoms with Crippen LogP contribution in [0.15, 0.2) is 24.3 Å².